The van der Waals surface area contributed by atoms with Crippen LogP contribution in [0.4, 0.5) is 26.3 Å². The van der Waals surface area contributed by atoms with Crippen LogP contribution in [0.5, 0.6) is 0 Å². The first kappa shape index (κ1) is 23.4. The van der Waals surface area contributed by atoms with Crippen LogP contribution in [0.1, 0.15) is 47.6 Å². The molecular weight excluding hydrogens is 448 g/mol. The number of carbonyl (C=O) groups is 1. The average molecular weight is 466 g/mol. The Morgan fingerprint density at radius 1 is 1.00 bits per heavy atom. The van der Waals surface area contributed by atoms with E-state index >= 15 is 0 Å². The molecule has 0 spiro atoms. The molecule has 2 atom stereocenters. The van der Waals surface area contributed by atoms with Crippen LogP contribution >= 0.6 is 11.6 Å². The van der Waals surface area contributed by atoms with Gasteiger partial charge in [0.2, 0.25) is 0 Å². The van der Waals surface area contributed by atoms with Crippen molar-refractivity contribution in [1.29, 1.82) is 0 Å². The molecule has 0 amide bonds. The molecular formula is C21H18ClF6NO2. The van der Waals surface area contributed by atoms with Gasteiger partial charge in [0.25, 0.3) is 0 Å². The number of benzene rings is 2. The van der Waals surface area contributed by atoms with E-state index in [2.05, 4.69) is 0 Å². The lowest BCUT2D eigenvalue weighted by atomic mass is 9.90. The summed E-state index contributed by atoms with van der Waals surface area (Å²) < 4.78 is 80.1. The van der Waals surface area contributed by atoms with E-state index in [1.54, 1.807) is 0 Å². The van der Waals surface area contributed by atoms with Crippen LogP contribution in [0.2, 0.25) is 5.02 Å². The fourth-order valence-corrected chi connectivity index (χ4v) is 4.14. The van der Waals surface area contributed by atoms with E-state index in [4.69, 9.17) is 11.6 Å². The molecule has 1 N–H and O–H groups in total. The molecule has 3 nitrogen and oxygen atoms in total. The van der Waals surface area contributed by atoms with Gasteiger partial charge < -0.3 is 5.11 Å². The predicted octanol–water partition coefficient (Wildman–Crippen LogP) is 6.41. The fraction of sp³-hybridized carbons (Fsp3) is 0.381. The van der Waals surface area contributed by atoms with Crippen LogP contribution in [0.15, 0.2) is 42.5 Å². The Balaban J connectivity index is 2.20. The maximum atomic E-state index is 13.4. The number of hydrogen-bond acceptors (Lipinski definition) is 2. The van der Waals surface area contributed by atoms with Crippen LogP contribution < -0.4 is 0 Å². The van der Waals surface area contributed by atoms with E-state index in [1.807, 2.05) is 0 Å². The summed E-state index contributed by atoms with van der Waals surface area (Å²) in [6.07, 6.45) is -8.04. The molecule has 1 fully saturated rings. The average Bonchev–Trinajstić information content (AvgIpc) is 2.68. The van der Waals surface area contributed by atoms with Crippen LogP contribution in [0.25, 0.3) is 0 Å². The van der Waals surface area contributed by atoms with Crippen LogP contribution in [-0.2, 0) is 17.1 Å². The van der Waals surface area contributed by atoms with Crippen LogP contribution in [0.3, 0.4) is 0 Å². The quantitative estimate of drug-likeness (QED) is 0.531. The molecule has 0 aliphatic carbocycles. The van der Waals surface area contributed by atoms with Crippen molar-refractivity contribution >= 4 is 17.6 Å². The molecule has 2 aromatic carbocycles. The smallest absolute Gasteiger partial charge is 0.417 e. The van der Waals surface area contributed by atoms with Crippen molar-refractivity contribution in [3.63, 3.8) is 0 Å². The SMILES string of the molecule is O=C(O)C1CCCCN1C(c1cccc(C(F)(F)F)c1)c1ccc(Cl)c(C(F)(F)F)c1. The van der Waals surface area contributed by atoms with E-state index in [0.29, 0.717) is 12.8 Å². The molecule has 2 unspecified atom stereocenters. The van der Waals surface area contributed by atoms with Crippen molar-refractivity contribution in [1.82, 2.24) is 4.90 Å². The summed E-state index contributed by atoms with van der Waals surface area (Å²) in [5.74, 6) is -1.18. The number of alkyl halides is 6. The van der Waals surface area contributed by atoms with Crippen molar-refractivity contribution in [2.45, 2.75) is 43.7 Å². The summed E-state index contributed by atoms with van der Waals surface area (Å²) in [4.78, 5) is 13.3. The molecule has 31 heavy (non-hydrogen) atoms. The molecule has 1 aliphatic heterocycles. The van der Waals surface area contributed by atoms with Crippen molar-refractivity contribution in [3.8, 4) is 0 Å². The second-order valence-electron chi connectivity index (χ2n) is 7.35. The van der Waals surface area contributed by atoms with E-state index in [-0.39, 0.29) is 24.1 Å². The third-order valence-electron chi connectivity index (χ3n) is 5.30. The van der Waals surface area contributed by atoms with Gasteiger partial charge in [0, 0.05) is 0 Å². The number of halogens is 7. The number of carboxylic acids is 1. The summed E-state index contributed by atoms with van der Waals surface area (Å²) in [6.45, 7) is 0.210. The van der Waals surface area contributed by atoms with Gasteiger partial charge in [-0.3, -0.25) is 9.69 Å². The first-order chi connectivity index (χ1) is 14.4. The van der Waals surface area contributed by atoms with Gasteiger partial charge in [0.15, 0.2) is 0 Å². The minimum Gasteiger partial charge on any atom is -0.480 e. The molecule has 2 aromatic rings. The van der Waals surface area contributed by atoms with Gasteiger partial charge in [-0.1, -0.05) is 36.2 Å². The van der Waals surface area contributed by atoms with Gasteiger partial charge in [-0.2, -0.15) is 26.3 Å². The lowest BCUT2D eigenvalue weighted by Crippen LogP contribution is -2.46. The standard InChI is InChI=1S/C21H18ClF6NO2/c22-16-8-7-13(11-15(16)21(26,27)28)18(29-9-2-1-6-17(29)19(30)31)12-4-3-5-14(10-12)20(23,24)25/h3-5,7-8,10-11,17-18H,1-2,6,9H2,(H,30,31). The van der Waals surface area contributed by atoms with Gasteiger partial charge in [-0.15, -0.1) is 0 Å². The number of nitrogens with zero attached hydrogens (tertiary/aromatic N) is 1. The van der Waals surface area contributed by atoms with E-state index in [0.717, 1.165) is 30.3 Å². The Kier molecular flexibility index (Phi) is 6.57. The normalized spacial score (nSPS) is 19.3. The summed E-state index contributed by atoms with van der Waals surface area (Å²) in [6, 6.07) is 5.15. The van der Waals surface area contributed by atoms with Gasteiger partial charge in [-0.25, -0.2) is 0 Å². The highest BCUT2D eigenvalue weighted by Crippen LogP contribution is 2.41. The molecule has 0 radical (unpaired) electrons. The summed E-state index contributed by atoms with van der Waals surface area (Å²) in [5.41, 5.74) is -2.03. The van der Waals surface area contributed by atoms with Gasteiger partial charge in [0.05, 0.1) is 22.2 Å². The third-order valence-corrected chi connectivity index (χ3v) is 5.63. The Morgan fingerprint density at radius 2 is 1.68 bits per heavy atom. The maximum Gasteiger partial charge on any atom is 0.417 e. The molecule has 10 heteroatoms. The van der Waals surface area contributed by atoms with E-state index < -0.39 is 46.6 Å². The molecule has 0 aromatic heterocycles. The number of carboxylic acid groups (broad SMARTS) is 1. The van der Waals surface area contributed by atoms with Crippen molar-refractivity contribution in [2.75, 3.05) is 6.54 Å². The van der Waals surface area contributed by atoms with Gasteiger partial charge >= 0.3 is 18.3 Å². The zero-order valence-electron chi connectivity index (χ0n) is 16.0. The Bertz CT molecular complexity index is 960. The largest absolute Gasteiger partial charge is 0.480 e. The zero-order chi connectivity index (χ0) is 23.0. The highest BCUT2D eigenvalue weighted by Gasteiger charge is 2.39. The summed E-state index contributed by atoms with van der Waals surface area (Å²) in [7, 11) is 0. The first-order valence-corrected chi connectivity index (χ1v) is 9.79. The minimum absolute atomic E-state index is 0.0178. The summed E-state index contributed by atoms with van der Waals surface area (Å²) >= 11 is 5.71. The molecule has 0 saturated carbocycles. The van der Waals surface area contributed by atoms with Crippen LogP contribution in [-0.4, -0.2) is 28.6 Å². The summed E-state index contributed by atoms with van der Waals surface area (Å²) in [5, 5.41) is 9.09. The fourth-order valence-electron chi connectivity index (χ4n) is 3.92. The zero-order valence-corrected chi connectivity index (χ0v) is 16.7. The lowest BCUT2D eigenvalue weighted by molar-refractivity contribution is -0.146. The van der Waals surface area contributed by atoms with Crippen LogP contribution in [0, 0.1) is 0 Å². The molecule has 1 heterocycles. The number of likely N-dealkylation sites (tertiary alicyclic amines) is 1. The second-order valence-corrected chi connectivity index (χ2v) is 7.76. The first-order valence-electron chi connectivity index (χ1n) is 9.42. The Labute approximate surface area is 179 Å². The third kappa shape index (κ3) is 5.15. The van der Waals surface area contributed by atoms with Crippen molar-refractivity contribution < 1.29 is 36.2 Å². The maximum absolute atomic E-state index is 13.4. The highest BCUT2D eigenvalue weighted by atomic mass is 35.5. The minimum atomic E-state index is -4.78. The molecule has 0 bridgehead atoms. The monoisotopic (exact) mass is 465 g/mol. The molecule has 1 saturated heterocycles. The number of hydrogen-bond donors (Lipinski definition) is 1. The second kappa shape index (κ2) is 8.70. The lowest BCUT2D eigenvalue weighted by Gasteiger charge is -2.40. The van der Waals surface area contributed by atoms with Gasteiger partial charge in [0.1, 0.15) is 6.04 Å². The Hall–Kier alpha value is -2.26. The number of aliphatic carboxylic acids is 1. The highest BCUT2D eigenvalue weighted by molar-refractivity contribution is 6.31. The predicted molar refractivity (Wildman–Crippen MR) is 102 cm³/mol. The van der Waals surface area contributed by atoms with Crippen molar-refractivity contribution in [3.05, 3.63) is 69.7 Å². The molecule has 3 rings (SSSR count). The number of rotatable bonds is 4. The van der Waals surface area contributed by atoms with E-state index in [1.165, 1.54) is 17.0 Å². The topological polar surface area (TPSA) is 40.5 Å². The molecule has 168 valence electrons. The van der Waals surface area contributed by atoms with E-state index in [9.17, 15) is 36.2 Å². The Morgan fingerprint density at radius 3 is 2.29 bits per heavy atom. The molecule has 1 aliphatic rings. The van der Waals surface area contributed by atoms with Crippen molar-refractivity contribution in [2.24, 2.45) is 0 Å². The number of piperidine rings is 1. The van der Waals surface area contributed by atoms with Gasteiger partial charge in [-0.05, 0) is 54.8 Å².